The second kappa shape index (κ2) is 8.72. The molecular weight excluding hydrogens is 464 g/mol. The number of hydrogen-bond donors (Lipinski definition) is 1. The number of halogens is 1. The molecule has 3 heterocycles. The van der Waals surface area contributed by atoms with E-state index in [0.29, 0.717) is 10.8 Å². The van der Waals surface area contributed by atoms with Gasteiger partial charge in [0.05, 0.1) is 17.9 Å². The number of thioether (sulfide) groups is 1. The first kappa shape index (κ1) is 21.8. The molecule has 2 amide bonds. The van der Waals surface area contributed by atoms with Crippen molar-refractivity contribution in [2.75, 3.05) is 5.75 Å². The summed E-state index contributed by atoms with van der Waals surface area (Å²) in [6, 6.07) is 7.55. The van der Waals surface area contributed by atoms with Gasteiger partial charge in [-0.25, -0.2) is 9.99 Å². The van der Waals surface area contributed by atoms with Gasteiger partial charge in [-0.15, -0.1) is 23.1 Å². The fourth-order valence-electron chi connectivity index (χ4n) is 4.67. The van der Waals surface area contributed by atoms with E-state index in [1.807, 2.05) is 40.2 Å². The molecule has 1 aliphatic carbocycles. The molecule has 1 aliphatic heterocycles. The maximum absolute atomic E-state index is 13.0. The number of amides is 2. The molecule has 5 rings (SSSR count). The molecule has 0 bridgehead atoms. The van der Waals surface area contributed by atoms with Crippen LogP contribution in [0.2, 0.25) is 5.02 Å². The smallest absolute Gasteiger partial charge is 0.252 e. The highest BCUT2D eigenvalue weighted by Crippen LogP contribution is 2.48. The molecule has 0 radical (unpaired) electrons. The Hall–Kier alpha value is -2.03. The van der Waals surface area contributed by atoms with E-state index in [4.69, 9.17) is 11.6 Å². The first-order valence-corrected chi connectivity index (χ1v) is 13.2. The maximum Gasteiger partial charge on any atom is 0.252 e. The Kier molecular flexibility index (Phi) is 5.94. The van der Waals surface area contributed by atoms with Crippen LogP contribution in [0.15, 0.2) is 35.8 Å². The third kappa shape index (κ3) is 4.04. The zero-order valence-corrected chi connectivity index (χ0v) is 20.2. The van der Waals surface area contributed by atoms with Gasteiger partial charge in [-0.2, -0.15) is 0 Å². The van der Waals surface area contributed by atoms with Gasteiger partial charge in [0.2, 0.25) is 5.91 Å². The number of hydrogen-bond acceptors (Lipinski definition) is 5. The Labute approximate surface area is 200 Å². The third-order valence-electron chi connectivity index (χ3n) is 6.59. The number of fused-ring (bicyclic) bond motifs is 1. The van der Waals surface area contributed by atoms with E-state index in [1.165, 1.54) is 17.8 Å². The Morgan fingerprint density at radius 2 is 2.03 bits per heavy atom. The van der Waals surface area contributed by atoms with Crippen molar-refractivity contribution in [3.05, 3.63) is 46.6 Å². The van der Waals surface area contributed by atoms with Crippen molar-refractivity contribution >= 4 is 51.5 Å². The predicted molar refractivity (Wildman–Crippen MR) is 130 cm³/mol. The number of nitrogens with one attached hydrogen (secondary N) is 1. The van der Waals surface area contributed by atoms with Crippen LogP contribution < -0.4 is 5.43 Å². The summed E-state index contributed by atoms with van der Waals surface area (Å²) in [4.78, 5) is 30.8. The van der Waals surface area contributed by atoms with E-state index < -0.39 is 0 Å². The SMILES string of the molecule is CCC1CCC2(CC1)SCC(=O)N2NC(=O)Cc1csc2nc(-c3ccc(Cl)cc3)cn12. The van der Waals surface area contributed by atoms with Crippen LogP contribution in [-0.2, 0) is 16.0 Å². The Morgan fingerprint density at radius 1 is 1.28 bits per heavy atom. The Bertz CT molecular complexity index is 1150. The van der Waals surface area contributed by atoms with Crippen molar-refractivity contribution in [2.45, 2.75) is 50.3 Å². The van der Waals surface area contributed by atoms with E-state index in [1.54, 1.807) is 16.8 Å². The molecule has 2 aliphatic rings. The van der Waals surface area contributed by atoms with Gasteiger partial charge in [0, 0.05) is 27.9 Å². The molecule has 1 aromatic carbocycles. The average molecular weight is 489 g/mol. The number of thiazole rings is 1. The monoisotopic (exact) mass is 488 g/mol. The van der Waals surface area contributed by atoms with E-state index in [-0.39, 0.29) is 23.1 Å². The summed E-state index contributed by atoms with van der Waals surface area (Å²) in [7, 11) is 0. The fraction of sp³-hybridized carbons (Fsp3) is 0.435. The van der Waals surface area contributed by atoms with Crippen molar-refractivity contribution in [1.29, 1.82) is 0 Å². The molecule has 2 fully saturated rings. The predicted octanol–water partition coefficient (Wildman–Crippen LogP) is 5.16. The van der Waals surface area contributed by atoms with Crippen molar-refractivity contribution in [3.8, 4) is 11.3 Å². The van der Waals surface area contributed by atoms with E-state index in [2.05, 4.69) is 17.3 Å². The molecule has 1 N–H and O–H groups in total. The van der Waals surface area contributed by atoms with Crippen LogP contribution in [0.25, 0.3) is 16.2 Å². The highest BCUT2D eigenvalue weighted by atomic mass is 35.5. The summed E-state index contributed by atoms with van der Waals surface area (Å²) >= 11 is 9.18. The van der Waals surface area contributed by atoms with Gasteiger partial charge in [-0.05, 0) is 43.7 Å². The molecule has 9 heteroatoms. The van der Waals surface area contributed by atoms with Crippen LogP contribution >= 0.6 is 34.7 Å². The van der Waals surface area contributed by atoms with Crippen LogP contribution in [0.1, 0.15) is 44.7 Å². The van der Waals surface area contributed by atoms with Crippen LogP contribution in [0.3, 0.4) is 0 Å². The second-order valence-corrected chi connectivity index (χ2v) is 11.2. The maximum atomic E-state index is 13.0. The van der Waals surface area contributed by atoms with Crippen LogP contribution in [-0.4, -0.2) is 36.8 Å². The topological polar surface area (TPSA) is 66.7 Å². The summed E-state index contributed by atoms with van der Waals surface area (Å²) in [5, 5.41) is 4.28. The van der Waals surface area contributed by atoms with E-state index in [0.717, 1.165) is 53.5 Å². The molecule has 32 heavy (non-hydrogen) atoms. The lowest BCUT2D eigenvalue weighted by Crippen LogP contribution is -2.56. The lowest BCUT2D eigenvalue weighted by atomic mass is 9.84. The highest BCUT2D eigenvalue weighted by Gasteiger charge is 2.48. The van der Waals surface area contributed by atoms with Crippen molar-refractivity contribution < 1.29 is 9.59 Å². The number of nitrogens with zero attached hydrogens (tertiary/aromatic N) is 3. The molecule has 1 saturated carbocycles. The minimum absolute atomic E-state index is 0.00131. The standard InChI is InChI=1S/C23H25ClN4O2S2/c1-2-15-7-9-23(10-8-15)28(21(30)14-32-23)26-20(29)11-18-13-31-22-25-19(12-27(18)22)16-3-5-17(24)6-4-16/h3-6,12-13,15H,2,7-11,14H2,1H3,(H,26,29). The number of rotatable bonds is 5. The first-order chi connectivity index (χ1) is 15.5. The molecule has 1 saturated heterocycles. The average Bonchev–Trinajstić information content (AvgIpc) is 3.46. The van der Waals surface area contributed by atoms with Gasteiger partial charge in [0.25, 0.3) is 5.91 Å². The quantitative estimate of drug-likeness (QED) is 0.538. The van der Waals surface area contributed by atoms with Gasteiger partial charge in [-0.3, -0.25) is 19.4 Å². The largest absolute Gasteiger partial charge is 0.294 e. The lowest BCUT2D eigenvalue weighted by Gasteiger charge is -2.42. The van der Waals surface area contributed by atoms with Crippen LogP contribution in [0.4, 0.5) is 0 Å². The number of benzene rings is 1. The normalized spacial score (nSPS) is 23.4. The molecule has 2 aromatic heterocycles. The van der Waals surface area contributed by atoms with E-state index >= 15 is 0 Å². The third-order valence-corrected chi connectivity index (χ3v) is 9.25. The minimum atomic E-state index is -0.279. The Morgan fingerprint density at radius 3 is 2.75 bits per heavy atom. The number of imidazole rings is 1. The van der Waals surface area contributed by atoms with Gasteiger partial charge in [0.15, 0.2) is 4.96 Å². The Balaban J connectivity index is 1.30. The van der Waals surface area contributed by atoms with Gasteiger partial charge < -0.3 is 0 Å². The summed E-state index contributed by atoms with van der Waals surface area (Å²) < 4.78 is 1.96. The summed E-state index contributed by atoms with van der Waals surface area (Å²) in [5.74, 6) is 0.997. The highest BCUT2D eigenvalue weighted by molar-refractivity contribution is 8.01. The van der Waals surface area contributed by atoms with Gasteiger partial charge in [0.1, 0.15) is 4.87 Å². The van der Waals surface area contributed by atoms with Crippen LogP contribution in [0, 0.1) is 5.92 Å². The summed E-state index contributed by atoms with van der Waals surface area (Å²) in [6.07, 6.45) is 7.42. The van der Waals surface area contributed by atoms with E-state index in [9.17, 15) is 9.59 Å². The molecule has 1 spiro atoms. The summed E-state index contributed by atoms with van der Waals surface area (Å²) in [6.45, 7) is 2.23. The van der Waals surface area contributed by atoms with Gasteiger partial charge >= 0.3 is 0 Å². The number of aromatic nitrogens is 2. The molecule has 0 atom stereocenters. The molecule has 3 aromatic rings. The fourth-order valence-corrected chi connectivity index (χ4v) is 6.99. The molecule has 0 unspecified atom stereocenters. The van der Waals surface area contributed by atoms with Crippen LogP contribution in [0.5, 0.6) is 0 Å². The van der Waals surface area contributed by atoms with Crippen molar-refractivity contribution in [3.63, 3.8) is 0 Å². The lowest BCUT2D eigenvalue weighted by molar-refractivity contribution is -0.143. The number of carbonyl (C=O) groups excluding carboxylic acids is 2. The molecular formula is C23H25ClN4O2S2. The zero-order chi connectivity index (χ0) is 22.3. The number of hydrazine groups is 1. The second-order valence-electron chi connectivity index (χ2n) is 8.54. The molecule has 6 nitrogen and oxygen atoms in total. The zero-order valence-electron chi connectivity index (χ0n) is 17.8. The molecule has 168 valence electrons. The van der Waals surface area contributed by atoms with Gasteiger partial charge in [-0.1, -0.05) is 37.1 Å². The minimum Gasteiger partial charge on any atom is -0.294 e. The number of carbonyl (C=O) groups is 2. The first-order valence-electron chi connectivity index (χ1n) is 11.0. The van der Waals surface area contributed by atoms with Crippen molar-refractivity contribution in [2.24, 2.45) is 5.92 Å². The summed E-state index contributed by atoms with van der Waals surface area (Å²) in [5.41, 5.74) is 5.63. The van der Waals surface area contributed by atoms with Crippen molar-refractivity contribution in [1.82, 2.24) is 19.8 Å².